The van der Waals surface area contributed by atoms with Crippen molar-refractivity contribution in [2.45, 2.75) is 70.0 Å². The average Bonchev–Trinajstić information content (AvgIpc) is 2.02. The van der Waals surface area contributed by atoms with E-state index in [1.807, 2.05) is 0 Å². The number of rotatable bonds is 0. The molecule has 1 fully saturated rings. The van der Waals surface area contributed by atoms with Gasteiger partial charge in [-0.25, -0.2) is 0 Å². The van der Waals surface area contributed by atoms with Gasteiger partial charge in [0.1, 0.15) is 7.85 Å². The lowest BCUT2D eigenvalue weighted by Crippen LogP contribution is -2.08. The molecule has 0 nitrogen and oxygen atoms in total. The van der Waals surface area contributed by atoms with Crippen LogP contribution in [0.15, 0.2) is 0 Å². The van der Waals surface area contributed by atoms with Crippen molar-refractivity contribution in [2.75, 3.05) is 0 Å². The molecule has 0 aliphatic heterocycles. The molecule has 0 aromatic rings. The van der Waals surface area contributed by atoms with Crippen LogP contribution in [-0.2, 0) is 0 Å². The average molecular weight is 166 g/mol. The predicted octanol–water partition coefficient (Wildman–Crippen LogP) is 3.32. The van der Waals surface area contributed by atoms with E-state index in [2.05, 4.69) is 14.8 Å². The Labute approximate surface area is 78.5 Å². The van der Waals surface area contributed by atoms with E-state index in [1.54, 1.807) is 0 Å². The third-order valence-electron chi connectivity index (χ3n) is 3.21. The Morgan fingerprint density at radius 2 is 1.08 bits per heavy atom. The summed E-state index contributed by atoms with van der Waals surface area (Å²) in [5.41, 5.74) is 0. The minimum Gasteiger partial charge on any atom is -0.0669 e. The van der Waals surface area contributed by atoms with Crippen molar-refractivity contribution in [3.8, 4) is 0 Å². The summed E-state index contributed by atoms with van der Waals surface area (Å²) in [6.07, 6.45) is 13.2. The van der Waals surface area contributed by atoms with Gasteiger partial charge >= 0.3 is 0 Å². The van der Waals surface area contributed by atoms with Crippen molar-refractivity contribution in [3.05, 3.63) is 0 Å². The fourth-order valence-electron chi connectivity index (χ4n) is 2.22. The number of hydrogen-bond acceptors (Lipinski definition) is 0. The zero-order valence-electron chi connectivity index (χ0n) is 8.86. The van der Waals surface area contributed by atoms with Gasteiger partial charge in [-0.05, 0) is 0 Å². The lowest BCUT2D eigenvalue weighted by atomic mass is 9.64. The lowest BCUT2D eigenvalue weighted by Gasteiger charge is -2.25. The molecule has 0 aromatic heterocycles. The first-order valence-corrected chi connectivity index (χ1v) is 5.71. The van der Waals surface area contributed by atoms with Gasteiger partial charge in [0.15, 0.2) is 0 Å². The third-order valence-corrected chi connectivity index (χ3v) is 3.21. The molecule has 0 N–H and O–H groups in total. The molecule has 0 aromatic carbocycles. The molecule has 1 rings (SSSR count). The molecule has 0 saturated heterocycles. The molecule has 0 heterocycles. The molecule has 1 aliphatic rings. The highest BCUT2D eigenvalue weighted by atomic mass is 14.2. The van der Waals surface area contributed by atoms with Gasteiger partial charge in [-0.15, -0.1) is 0 Å². The largest absolute Gasteiger partial charge is 0.109 e. The quantitative estimate of drug-likeness (QED) is 0.484. The summed E-state index contributed by atoms with van der Waals surface area (Å²) >= 11 is 0. The van der Waals surface area contributed by atoms with Crippen LogP contribution < -0.4 is 0 Å². The Hall–Kier alpha value is 0.0649. The molecule has 0 radical (unpaired) electrons. The first kappa shape index (κ1) is 10.1. The molecule has 0 spiro atoms. The van der Waals surface area contributed by atoms with Crippen molar-refractivity contribution in [1.82, 2.24) is 0 Å². The van der Waals surface area contributed by atoms with Gasteiger partial charge in [-0.2, -0.15) is 0 Å². The molecule has 1 heteroatoms. The minimum atomic E-state index is 0.636. The van der Waals surface area contributed by atoms with Gasteiger partial charge < -0.3 is 0 Å². The highest BCUT2D eigenvalue weighted by Gasteiger charge is 2.17. The number of hydrogen-bond donors (Lipinski definition) is 0. The lowest BCUT2D eigenvalue weighted by molar-refractivity contribution is 0.430. The van der Waals surface area contributed by atoms with Crippen molar-refractivity contribution in [1.29, 1.82) is 0 Å². The Bertz CT molecular complexity index is 106. The summed E-state index contributed by atoms with van der Waals surface area (Å²) in [6, 6.07) is 0. The van der Waals surface area contributed by atoms with E-state index in [4.69, 9.17) is 0 Å². The van der Waals surface area contributed by atoms with E-state index in [0.717, 1.165) is 0 Å². The zero-order valence-corrected chi connectivity index (χ0v) is 8.86. The van der Waals surface area contributed by atoms with Crippen LogP contribution >= 0.6 is 0 Å². The van der Waals surface area contributed by atoms with Crippen LogP contribution in [0.3, 0.4) is 0 Å². The SMILES string of the molecule is BC1(C)CCCCCCCCC1. The second-order valence-corrected chi connectivity index (χ2v) is 5.14. The maximum absolute atomic E-state index is 2.44. The van der Waals surface area contributed by atoms with E-state index in [1.165, 1.54) is 57.8 Å². The van der Waals surface area contributed by atoms with Gasteiger partial charge in [0.2, 0.25) is 0 Å². The van der Waals surface area contributed by atoms with Crippen LogP contribution in [0.4, 0.5) is 0 Å². The Kier molecular flexibility index (Phi) is 4.18. The van der Waals surface area contributed by atoms with Gasteiger partial charge in [0.25, 0.3) is 0 Å². The Balaban J connectivity index is 2.27. The van der Waals surface area contributed by atoms with E-state index in [9.17, 15) is 0 Å². The van der Waals surface area contributed by atoms with Crippen LogP contribution in [0.5, 0.6) is 0 Å². The summed E-state index contributed by atoms with van der Waals surface area (Å²) in [7, 11) is 2.44. The third kappa shape index (κ3) is 4.18. The summed E-state index contributed by atoms with van der Waals surface area (Å²) in [5, 5.41) is 0.636. The summed E-state index contributed by atoms with van der Waals surface area (Å²) in [6.45, 7) is 2.44. The smallest absolute Gasteiger partial charge is 0.0669 e. The van der Waals surface area contributed by atoms with Crippen molar-refractivity contribution in [2.24, 2.45) is 0 Å². The molecule has 0 unspecified atom stereocenters. The van der Waals surface area contributed by atoms with Crippen LogP contribution in [-0.4, -0.2) is 7.85 Å². The highest BCUT2D eigenvalue weighted by Crippen LogP contribution is 2.35. The van der Waals surface area contributed by atoms with E-state index >= 15 is 0 Å². The molecular weight excluding hydrogens is 143 g/mol. The van der Waals surface area contributed by atoms with Gasteiger partial charge in [0.05, 0.1) is 0 Å². The fourth-order valence-corrected chi connectivity index (χ4v) is 2.22. The van der Waals surface area contributed by atoms with Crippen LogP contribution in [0.1, 0.15) is 64.7 Å². The van der Waals surface area contributed by atoms with Crippen LogP contribution in [0, 0.1) is 0 Å². The molecular formula is C11H23B. The highest BCUT2D eigenvalue weighted by molar-refractivity contribution is 6.14. The Morgan fingerprint density at radius 3 is 1.50 bits per heavy atom. The molecule has 0 amide bonds. The second-order valence-electron chi connectivity index (χ2n) is 5.14. The summed E-state index contributed by atoms with van der Waals surface area (Å²) < 4.78 is 0. The van der Waals surface area contributed by atoms with Crippen molar-refractivity contribution < 1.29 is 0 Å². The summed E-state index contributed by atoms with van der Waals surface area (Å²) in [5.74, 6) is 0. The van der Waals surface area contributed by atoms with Crippen LogP contribution in [0.2, 0.25) is 5.31 Å². The monoisotopic (exact) mass is 166 g/mol. The van der Waals surface area contributed by atoms with Crippen LogP contribution in [0.25, 0.3) is 0 Å². The van der Waals surface area contributed by atoms with E-state index < -0.39 is 0 Å². The molecule has 1 aliphatic carbocycles. The normalized spacial score (nSPS) is 26.4. The second kappa shape index (κ2) is 4.94. The first-order valence-electron chi connectivity index (χ1n) is 5.71. The van der Waals surface area contributed by atoms with Crippen molar-refractivity contribution >= 4 is 7.85 Å². The standard InChI is InChI=1S/C11H23B/c1-11(12)9-7-5-3-2-4-6-8-10-11/h2-10,12H2,1H3. The van der Waals surface area contributed by atoms with Crippen molar-refractivity contribution in [3.63, 3.8) is 0 Å². The van der Waals surface area contributed by atoms with E-state index in [-0.39, 0.29) is 0 Å². The minimum absolute atomic E-state index is 0.636. The maximum Gasteiger partial charge on any atom is 0.109 e. The Morgan fingerprint density at radius 1 is 0.750 bits per heavy atom. The zero-order chi connectivity index (χ0) is 8.86. The molecule has 12 heavy (non-hydrogen) atoms. The first-order chi connectivity index (χ1) is 5.71. The van der Waals surface area contributed by atoms with Gasteiger partial charge in [-0.3, -0.25) is 0 Å². The molecule has 1 saturated carbocycles. The molecule has 70 valence electrons. The van der Waals surface area contributed by atoms with E-state index in [0.29, 0.717) is 5.31 Å². The fraction of sp³-hybridized carbons (Fsp3) is 1.00. The topological polar surface area (TPSA) is 0 Å². The molecule has 0 atom stereocenters. The molecule has 0 bridgehead atoms. The van der Waals surface area contributed by atoms with Gasteiger partial charge in [0, 0.05) is 0 Å². The predicted molar refractivity (Wildman–Crippen MR) is 58.5 cm³/mol. The summed E-state index contributed by atoms with van der Waals surface area (Å²) in [4.78, 5) is 0. The maximum atomic E-state index is 2.44. The van der Waals surface area contributed by atoms with Gasteiger partial charge in [-0.1, -0.05) is 70.0 Å².